The van der Waals surface area contributed by atoms with Crippen LogP contribution in [0.3, 0.4) is 0 Å². The summed E-state index contributed by atoms with van der Waals surface area (Å²) in [5.41, 5.74) is 0. The van der Waals surface area contributed by atoms with Crippen LogP contribution in [0.15, 0.2) is 18.5 Å². The number of carbonyl (C=O) groups is 1. The van der Waals surface area contributed by atoms with Gasteiger partial charge in [-0.3, -0.25) is 4.79 Å². The fourth-order valence-corrected chi connectivity index (χ4v) is 6.05. The SMILES string of the molecule is COC(=O)C(CO)NS(=O)(=O)c1cc(Br)sc1Br. The molecule has 0 aliphatic carbocycles. The highest BCUT2D eigenvalue weighted by Crippen LogP contribution is 2.34. The normalized spacial score (nSPS) is 13.3. The smallest absolute Gasteiger partial charge is 0.326 e. The number of halogens is 2. The molecule has 0 aromatic carbocycles. The molecule has 1 atom stereocenters. The van der Waals surface area contributed by atoms with E-state index in [-0.39, 0.29) is 4.90 Å². The lowest BCUT2D eigenvalue weighted by molar-refractivity contribution is -0.143. The molecule has 1 unspecified atom stereocenters. The lowest BCUT2D eigenvalue weighted by Crippen LogP contribution is -2.43. The summed E-state index contributed by atoms with van der Waals surface area (Å²) in [6, 6.07) is 0.0635. The summed E-state index contributed by atoms with van der Waals surface area (Å²) >= 11 is 7.45. The molecule has 102 valence electrons. The Morgan fingerprint density at radius 2 is 2.22 bits per heavy atom. The van der Waals surface area contributed by atoms with Crippen LogP contribution in [0, 0.1) is 0 Å². The highest BCUT2D eigenvalue weighted by Gasteiger charge is 2.28. The Morgan fingerprint density at radius 1 is 1.61 bits per heavy atom. The van der Waals surface area contributed by atoms with Gasteiger partial charge >= 0.3 is 5.97 Å². The number of thiophene rings is 1. The molecule has 0 amide bonds. The second-order valence-electron chi connectivity index (χ2n) is 3.07. The molecule has 0 radical (unpaired) electrons. The monoisotopic (exact) mass is 421 g/mol. The van der Waals surface area contributed by atoms with Crippen molar-refractivity contribution < 1.29 is 23.1 Å². The summed E-state index contributed by atoms with van der Waals surface area (Å²) in [4.78, 5) is 11.2. The number of nitrogens with one attached hydrogen (secondary N) is 1. The Kier molecular flexibility index (Phi) is 5.74. The minimum absolute atomic E-state index is 0.0123. The van der Waals surface area contributed by atoms with Gasteiger partial charge in [-0.2, -0.15) is 4.72 Å². The first-order valence-electron chi connectivity index (χ1n) is 4.47. The van der Waals surface area contributed by atoms with Crippen LogP contribution in [-0.2, 0) is 19.6 Å². The first-order chi connectivity index (χ1) is 8.31. The van der Waals surface area contributed by atoms with E-state index in [2.05, 4.69) is 41.3 Å². The Hall–Kier alpha value is -0.000000000000000333. The van der Waals surface area contributed by atoms with Gasteiger partial charge in [-0.25, -0.2) is 8.42 Å². The van der Waals surface area contributed by atoms with Crippen LogP contribution in [0.25, 0.3) is 0 Å². The highest BCUT2D eigenvalue weighted by molar-refractivity contribution is 9.12. The number of aliphatic hydroxyl groups is 1. The topological polar surface area (TPSA) is 92.7 Å². The van der Waals surface area contributed by atoms with Crippen LogP contribution in [-0.4, -0.2) is 39.3 Å². The van der Waals surface area contributed by atoms with Gasteiger partial charge in [-0.05, 0) is 37.9 Å². The summed E-state index contributed by atoms with van der Waals surface area (Å²) in [6.07, 6.45) is 0. The number of ether oxygens (including phenoxy) is 1. The van der Waals surface area contributed by atoms with Crippen molar-refractivity contribution >= 4 is 59.2 Å². The second kappa shape index (κ2) is 6.44. The number of carbonyl (C=O) groups excluding carboxylic acids is 1. The summed E-state index contributed by atoms with van der Waals surface area (Å²) in [5, 5.41) is 8.97. The van der Waals surface area contributed by atoms with E-state index in [4.69, 9.17) is 5.11 Å². The molecule has 18 heavy (non-hydrogen) atoms. The van der Waals surface area contributed by atoms with E-state index in [1.165, 1.54) is 17.4 Å². The van der Waals surface area contributed by atoms with E-state index < -0.39 is 28.6 Å². The van der Waals surface area contributed by atoms with E-state index in [0.717, 1.165) is 7.11 Å². The lowest BCUT2D eigenvalue weighted by Gasteiger charge is -2.13. The summed E-state index contributed by atoms with van der Waals surface area (Å²) < 4.78 is 31.4. The standard InChI is InChI=1S/C8H9Br2NO5S2/c1-16-8(13)4(3-12)11-18(14,15)5-2-6(9)17-7(5)10/h2,4,11-12H,3H2,1H3. The maximum absolute atomic E-state index is 12.0. The number of sulfonamides is 1. The third-order valence-electron chi connectivity index (χ3n) is 1.88. The number of hydrogen-bond acceptors (Lipinski definition) is 6. The van der Waals surface area contributed by atoms with Gasteiger partial charge in [0.05, 0.1) is 21.3 Å². The van der Waals surface area contributed by atoms with Gasteiger partial charge in [-0.15, -0.1) is 11.3 Å². The van der Waals surface area contributed by atoms with Crippen LogP contribution in [0.2, 0.25) is 0 Å². The van der Waals surface area contributed by atoms with Crippen molar-refractivity contribution in [1.29, 1.82) is 0 Å². The quantitative estimate of drug-likeness (QED) is 0.692. The number of esters is 1. The van der Waals surface area contributed by atoms with Crippen molar-refractivity contribution in [2.24, 2.45) is 0 Å². The van der Waals surface area contributed by atoms with Crippen LogP contribution in [0.4, 0.5) is 0 Å². The van der Waals surface area contributed by atoms with Gasteiger partial charge in [0.1, 0.15) is 10.9 Å². The maximum Gasteiger partial charge on any atom is 0.326 e. The van der Waals surface area contributed by atoms with E-state index in [1.54, 1.807) is 0 Å². The number of rotatable bonds is 5. The summed E-state index contributed by atoms with van der Waals surface area (Å²) in [6.45, 7) is -0.686. The van der Waals surface area contributed by atoms with E-state index in [9.17, 15) is 13.2 Å². The van der Waals surface area contributed by atoms with Crippen LogP contribution >= 0.6 is 43.2 Å². The van der Waals surface area contributed by atoms with Crippen molar-refractivity contribution in [1.82, 2.24) is 4.72 Å². The molecule has 0 aliphatic rings. The van der Waals surface area contributed by atoms with Crippen molar-refractivity contribution in [2.75, 3.05) is 13.7 Å². The lowest BCUT2D eigenvalue weighted by atomic mass is 10.3. The molecule has 0 bridgehead atoms. The molecule has 0 spiro atoms. The van der Waals surface area contributed by atoms with Crippen molar-refractivity contribution in [3.63, 3.8) is 0 Å². The summed E-state index contributed by atoms with van der Waals surface area (Å²) in [5.74, 6) is -0.855. The molecule has 1 aromatic rings. The molecular weight excluding hydrogens is 414 g/mol. The zero-order valence-electron chi connectivity index (χ0n) is 9.01. The molecule has 1 aromatic heterocycles. The molecule has 0 saturated carbocycles. The molecule has 10 heteroatoms. The zero-order valence-corrected chi connectivity index (χ0v) is 13.8. The Bertz CT molecular complexity index is 542. The van der Waals surface area contributed by atoms with Gasteiger partial charge in [0, 0.05) is 0 Å². The van der Waals surface area contributed by atoms with E-state index in [1.807, 2.05) is 0 Å². The molecule has 0 saturated heterocycles. The number of methoxy groups -OCH3 is 1. The fraction of sp³-hybridized carbons (Fsp3) is 0.375. The average molecular weight is 423 g/mol. The van der Waals surface area contributed by atoms with Gasteiger partial charge < -0.3 is 9.84 Å². The maximum atomic E-state index is 12.0. The number of hydrogen-bond donors (Lipinski definition) is 2. The predicted molar refractivity (Wildman–Crippen MR) is 72.9 cm³/mol. The average Bonchev–Trinajstić information content (AvgIpc) is 2.65. The molecule has 2 N–H and O–H groups in total. The number of aliphatic hydroxyl groups excluding tert-OH is 1. The van der Waals surface area contributed by atoms with Crippen LogP contribution in [0.5, 0.6) is 0 Å². The highest BCUT2D eigenvalue weighted by atomic mass is 79.9. The Labute approximate surface area is 125 Å². The first-order valence-corrected chi connectivity index (χ1v) is 8.36. The zero-order chi connectivity index (χ0) is 13.9. The first kappa shape index (κ1) is 16.1. The molecule has 1 heterocycles. The molecule has 1 rings (SSSR count). The minimum Gasteiger partial charge on any atom is -0.468 e. The largest absolute Gasteiger partial charge is 0.468 e. The van der Waals surface area contributed by atoms with Crippen molar-refractivity contribution in [2.45, 2.75) is 10.9 Å². The summed E-state index contributed by atoms with van der Waals surface area (Å²) in [7, 11) is -2.81. The van der Waals surface area contributed by atoms with Crippen molar-refractivity contribution in [3.05, 3.63) is 13.6 Å². The third kappa shape index (κ3) is 3.75. The molecular formula is C8H9Br2NO5S2. The van der Waals surface area contributed by atoms with Crippen LogP contribution in [0.1, 0.15) is 0 Å². The van der Waals surface area contributed by atoms with Gasteiger partial charge in [-0.1, -0.05) is 0 Å². The molecule has 0 aliphatic heterocycles. The van der Waals surface area contributed by atoms with Crippen LogP contribution < -0.4 is 4.72 Å². The second-order valence-corrected chi connectivity index (χ2v) is 8.50. The third-order valence-corrected chi connectivity index (χ3v) is 6.11. The van der Waals surface area contributed by atoms with Crippen molar-refractivity contribution in [3.8, 4) is 0 Å². The van der Waals surface area contributed by atoms with Gasteiger partial charge in [0.15, 0.2) is 0 Å². The van der Waals surface area contributed by atoms with Gasteiger partial charge in [0.2, 0.25) is 10.0 Å². The molecule has 0 fully saturated rings. The van der Waals surface area contributed by atoms with E-state index >= 15 is 0 Å². The van der Waals surface area contributed by atoms with E-state index in [0.29, 0.717) is 7.57 Å². The Morgan fingerprint density at radius 3 is 2.61 bits per heavy atom. The van der Waals surface area contributed by atoms with Gasteiger partial charge in [0.25, 0.3) is 0 Å². The molecule has 6 nitrogen and oxygen atoms in total. The minimum atomic E-state index is -3.91. The fourth-order valence-electron chi connectivity index (χ4n) is 1.06. The predicted octanol–water partition coefficient (Wildman–Crippen LogP) is 1.09. The Balaban J connectivity index is 3.01.